The van der Waals surface area contributed by atoms with Crippen molar-refractivity contribution in [3.05, 3.63) is 12.4 Å². The Hall–Kier alpha value is -0.860. The predicted octanol–water partition coefficient (Wildman–Crippen LogP) is 4.01. The van der Waals surface area contributed by atoms with Gasteiger partial charge >= 0.3 is 0 Å². The first-order chi connectivity index (χ1) is 8.49. The SMILES string of the molecule is CC(C)CCC(C)CC(C)C(C)Cn1nccn1. The standard InChI is InChI=1S/C15H29N3/c1-12(2)6-7-13(3)10-14(4)15(5)11-18-16-8-9-17-18/h8-9,12-15H,6-7,10-11H2,1-5H3. The lowest BCUT2D eigenvalue weighted by Gasteiger charge is -2.23. The van der Waals surface area contributed by atoms with Crippen molar-refractivity contribution in [3.63, 3.8) is 0 Å². The van der Waals surface area contributed by atoms with Gasteiger partial charge in [-0.3, -0.25) is 0 Å². The third-order valence-electron chi connectivity index (χ3n) is 3.90. The van der Waals surface area contributed by atoms with Gasteiger partial charge in [-0.25, -0.2) is 0 Å². The Balaban J connectivity index is 2.28. The first kappa shape index (κ1) is 15.2. The van der Waals surface area contributed by atoms with Gasteiger partial charge in [0.15, 0.2) is 0 Å². The summed E-state index contributed by atoms with van der Waals surface area (Å²) >= 11 is 0. The van der Waals surface area contributed by atoms with Crippen LogP contribution in [0.15, 0.2) is 12.4 Å². The molecular weight excluding hydrogens is 222 g/mol. The average Bonchev–Trinajstić information content (AvgIpc) is 2.79. The molecule has 1 rings (SSSR count). The quantitative estimate of drug-likeness (QED) is 0.699. The van der Waals surface area contributed by atoms with Gasteiger partial charge in [0.05, 0.1) is 18.9 Å². The summed E-state index contributed by atoms with van der Waals surface area (Å²) in [6, 6.07) is 0. The molecule has 0 spiro atoms. The van der Waals surface area contributed by atoms with E-state index in [0.29, 0.717) is 5.92 Å². The van der Waals surface area contributed by atoms with Gasteiger partial charge in [-0.1, -0.05) is 47.5 Å². The first-order valence-electron chi connectivity index (χ1n) is 7.33. The second-order valence-corrected chi connectivity index (χ2v) is 6.35. The highest BCUT2D eigenvalue weighted by molar-refractivity contribution is 4.68. The molecule has 1 heterocycles. The summed E-state index contributed by atoms with van der Waals surface area (Å²) in [5.41, 5.74) is 0. The topological polar surface area (TPSA) is 30.7 Å². The monoisotopic (exact) mass is 251 g/mol. The summed E-state index contributed by atoms with van der Waals surface area (Å²) in [4.78, 5) is 1.81. The largest absolute Gasteiger partial charge is 0.185 e. The smallest absolute Gasteiger partial charge is 0.0693 e. The van der Waals surface area contributed by atoms with Gasteiger partial charge in [-0.2, -0.15) is 15.0 Å². The molecule has 1 aromatic heterocycles. The van der Waals surface area contributed by atoms with E-state index < -0.39 is 0 Å². The number of rotatable bonds is 8. The lowest BCUT2D eigenvalue weighted by molar-refractivity contribution is 0.256. The molecule has 3 atom stereocenters. The minimum absolute atomic E-state index is 0.638. The van der Waals surface area contributed by atoms with Crippen molar-refractivity contribution in [1.29, 1.82) is 0 Å². The predicted molar refractivity (Wildman–Crippen MR) is 76.2 cm³/mol. The van der Waals surface area contributed by atoms with Crippen molar-refractivity contribution in [3.8, 4) is 0 Å². The van der Waals surface area contributed by atoms with Crippen molar-refractivity contribution >= 4 is 0 Å². The van der Waals surface area contributed by atoms with E-state index in [4.69, 9.17) is 0 Å². The van der Waals surface area contributed by atoms with E-state index in [1.54, 1.807) is 17.2 Å². The summed E-state index contributed by atoms with van der Waals surface area (Å²) in [7, 11) is 0. The maximum atomic E-state index is 4.18. The van der Waals surface area contributed by atoms with Gasteiger partial charge < -0.3 is 0 Å². The van der Waals surface area contributed by atoms with Crippen LogP contribution in [0.25, 0.3) is 0 Å². The molecule has 0 N–H and O–H groups in total. The van der Waals surface area contributed by atoms with Crippen molar-refractivity contribution in [2.45, 2.75) is 60.4 Å². The van der Waals surface area contributed by atoms with Crippen LogP contribution in [0.5, 0.6) is 0 Å². The van der Waals surface area contributed by atoms with E-state index in [0.717, 1.165) is 24.3 Å². The van der Waals surface area contributed by atoms with Gasteiger partial charge in [-0.05, 0) is 30.1 Å². The minimum atomic E-state index is 0.638. The van der Waals surface area contributed by atoms with Crippen LogP contribution in [-0.4, -0.2) is 15.0 Å². The molecule has 0 fully saturated rings. The zero-order valence-electron chi connectivity index (χ0n) is 12.6. The lowest BCUT2D eigenvalue weighted by Crippen LogP contribution is -2.19. The number of hydrogen-bond acceptors (Lipinski definition) is 2. The third-order valence-corrected chi connectivity index (χ3v) is 3.90. The van der Waals surface area contributed by atoms with Crippen molar-refractivity contribution in [2.75, 3.05) is 0 Å². The molecule has 3 unspecified atom stereocenters. The summed E-state index contributed by atoms with van der Waals surface area (Å²) in [6.45, 7) is 12.6. The molecule has 3 heteroatoms. The molecule has 104 valence electrons. The van der Waals surface area contributed by atoms with Crippen LogP contribution >= 0.6 is 0 Å². The Labute approximate surface area is 112 Å². The number of nitrogens with zero attached hydrogens (tertiary/aromatic N) is 3. The second kappa shape index (κ2) is 7.55. The van der Waals surface area contributed by atoms with Crippen molar-refractivity contribution < 1.29 is 0 Å². The van der Waals surface area contributed by atoms with Crippen LogP contribution in [0.4, 0.5) is 0 Å². The first-order valence-corrected chi connectivity index (χ1v) is 7.33. The molecule has 0 aliphatic carbocycles. The van der Waals surface area contributed by atoms with Crippen LogP contribution in [0.3, 0.4) is 0 Å². The fourth-order valence-corrected chi connectivity index (χ4v) is 2.38. The van der Waals surface area contributed by atoms with E-state index in [1.165, 1.54) is 19.3 Å². The highest BCUT2D eigenvalue weighted by Crippen LogP contribution is 2.24. The van der Waals surface area contributed by atoms with Gasteiger partial charge in [-0.15, -0.1) is 0 Å². The van der Waals surface area contributed by atoms with Gasteiger partial charge in [0.2, 0.25) is 0 Å². The number of aromatic nitrogens is 3. The lowest BCUT2D eigenvalue weighted by atomic mass is 9.85. The Morgan fingerprint density at radius 3 is 2.06 bits per heavy atom. The molecule has 0 saturated carbocycles. The summed E-state index contributed by atoms with van der Waals surface area (Å²) in [5.74, 6) is 3.03. The summed E-state index contributed by atoms with van der Waals surface area (Å²) in [6.07, 6.45) is 7.53. The summed E-state index contributed by atoms with van der Waals surface area (Å²) < 4.78 is 0. The zero-order chi connectivity index (χ0) is 13.5. The third kappa shape index (κ3) is 5.65. The fraction of sp³-hybridized carbons (Fsp3) is 0.867. The maximum Gasteiger partial charge on any atom is 0.0693 e. The molecular formula is C15H29N3. The van der Waals surface area contributed by atoms with Gasteiger partial charge in [0.25, 0.3) is 0 Å². The molecule has 3 nitrogen and oxygen atoms in total. The number of hydrogen-bond donors (Lipinski definition) is 0. The van der Waals surface area contributed by atoms with E-state index in [1.807, 2.05) is 0 Å². The maximum absolute atomic E-state index is 4.18. The molecule has 18 heavy (non-hydrogen) atoms. The molecule has 1 aromatic rings. The van der Waals surface area contributed by atoms with Crippen LogP contribution in [-0.2, 0) is 6.54 Å². The van der Waals surface area contributed by atoms with Crippen molar-refractivity contribution in [2.24, 2.45) is 23.7 Å². The van der Waals surface area contributed by atoms with E-state index >= 15 is 0 Å². The zero-order valence-corrected chi connectivity index (χ0v) is 12.6. The van der Waals surface area contributed by atoms with Gasteiger partial charge in [0, 0.05) is 0 Å². The molecule has 0 radical (unpaired) electrons. The van der Waals surface area contributed by atoms with E-state index in [2.05, 4.69) is 44.8 Å². The minimum Gasteiger partial charge on any atom is -0.185 e. The fourth-order valence-electron chi connectivity index (χ4n) is 2.38. The Morgan fingerprint density at radius 2 is 1.50 bits per heavy atom. The normalized spacial score (nSPS) is 16.8. The Bertz CT molecular complexity index is 306. The molecule has 0 aliphatic rings. The Kier molecular flexibility index (Phi) is 6.37. The second-order valence-electron chi connectivity index (χ2n) is 6.35. The summed E-state index contributed by atoms with van der Waals surface area (Å²) in [5, 5.41) is 8.37. The van der Waals surface area contributed by atoms with Crippen LogP contribution in [0, 0.1) is 23.7 Å². The Morgan fingerprint density at radius 1 is 0.889 bits per heavy atom. The van der Waals surface area contributed by atoms with Crippen molar-refractivity contribution in [1.82, 2.24) is 15.0 Å². The molecule has 0 bridgehead atoms. The molecule has 0 aliphatic heterocycles. The average molecular weight is 251 g/mol. The highest BCUT2D eigenvalue weighted by Gasteiger charge is 2.16. The molecule has 0 saturated heterocycles. The van der Waals surface area contributed by atoms with Gasteiger partial charge in [0.1, 0.15) is 0 Å². The van der Waals surface area contributed by atoms with Crippen LogP contribution in [0.1, 0.15) is 53.9 Å². The van der Waals surface area contributed by atoms with Crippen LogP contribution < -0.4 is 0 Å². The van der Waals surface area contributed by atoms with E-state index in [9.17, 15) is 0 Å². The van der Waals surface area contributed by atoms with Crippen LogP contribution in [0.2, 0.25) is 0 Å². The van der Waals surface area contributed by atoms with E-state index in [-0.39, 0.29) is 0 Å². The highest BCUT2D eigenvalue weighted by atomic mass is 15.5. The molecule has 0 amide bonds. The molecule has 0 aromatic carbocycles.